The van der Waals surface area contributed by atoms with Gasteiger partial charge in [-0.3, -0.25) is 0 Å². The predicted octanol–water partition coefficient (Wildman–Crippen LogP) is 2.67. The van der Waals surface area contributed by atoms with Gasteiger partial charge in [0.05, 0.1) is 20.4 Å². The average Bonchev–Trinajstić information content (AvgIpc) is 2.35. The molecule has 0 amide bonds. The minimum Gasteiger partial charge on any atom is -0.495 e. The first kappa shape index (κ1) is 15.5. The Morgan fingerprint density at radius 3 is 2.47 bits per heavy atom. The molecule has 0 aliphatic rings. The Morgan fingerprint density at radius 2 is 2.05 bits per heavy atom. The molecule has 0 spiro atoms. The van der Waals surface area contributed by atoms with Crippen molar-refractivity contribution in [3.8, 4) is 11.6 Å². The van der Waals surface area contributed by atoms with Crippen molar-refractivity contribution >= 4 is 21.9 Å². The maximum atomic E-state index is 12.2. The summed E-state index contributed by atoms with van der Waals surface area (Å²) in [6.07, 6.45) is -3.93. The van der Waals surface area contributed by atoms with Crippen LogP contribution in [0, 0.1) is 0 Å². The van der Waals surface area contributed by atoms with Crippen molar-refractivity contribution in [3.05, 3.63) is 17.3 Å². The SMILES string of the molecule is COC(=O)c1c(OC(F)(F)F)ncc(OC)c1CBr. The van der Waals surface area contributed by atoms with Gasteiger partial charge in [-0.1, -0.05) is 15.9 Å². The van der Waals surface area contributed by atoms with Crippen LogP contribution in [0.2, 0.25) is 0 Å². The molecule has 19 heavy (non-hydrogen) atoms. The van der Waals surface area contributed by atoms with Gasteiger partial charge in [-0.25, -0.2) is 9.78 Å². The molecule has 0 radical (unpaired) electrons. The van der Waals surface area contributed by atoms with Crippen LogP contribution in [0.1, 0.15) is 15.9 Å². The van der Waals surface area contributed by atoms with Gasteiger partial charge in [0.2, 0.25) is 5.88 Å². The molecule has 1 aromatic heterocycles. The number of rotatable bonds is 4. The van der Waals surface area contributed by atoms with Crippen LogP contribution < -0.4 is 9.47 Å². The number of alkyl halides is 4. The number of aromatic nitrogens is 1. The van der Waals surface area contributed by atoms with E-state index in [1.807, 2.05) is 0 Å². The summed E-state index contributed by atoms with van der Waals surface area (Å²) >= 11 is 3.06. The maximum absolute atomic E-state index is 12.2. The fourth-order valence-corrected chi connectivity index (χ4v) is 1.88. The molecule has 0 aliphatic carbocycles. The summed E-state index contributed by atoms with van der Waals surface area (Å²) in [7, 11) is 2.34. The highest BCUT2D eigenvalue weighted by molar-refractivity contribution is 9.08. The zero-order valence-corrected chi connectivity index (χ0v) is 11.5. The van der Waals surface area contributed by atoms with E-state index < -0.39 is 23.8 Å². The van der Waals surface area contributed by atoms with E-state index in [4.69, 9.17) is 4.74 Å². The molecule has 0 aromatic carbocycles. The number of pyridine rings is 1. The second kappa shape index (κ2) is 6.09. The van der Waals surface area contributed by atoms with Crippen LogP contribution in [0.5, 0.6) is 11.6 Å². The highest BCUT2D eigenvalue weighted by Gasteiger charge is 2.35. The summed E-state index contributed by atoms with van der Waals surface area (Å²) in [5, 5.41) is 0.0668. The Bertz CT molecular complexity index is 479. The first-order valence-electron chi connectivity index (χ1n) is 4.80. The fraction of sp³-hybridized carbons (Fsp3) is 0.400. The van der Waals surface area contributed by atoms with E-state index in [0.29, 0.717) is 0 Å². The first-order chi connectivity index (χ1) is 8.84. The number of carbonyl (C=O) groups excluding carboxylic acids is 1. The topological polar surface area (TPSA) is 57.7 Å². The van der Waals surface area contributed by atoms with E-state index in [2.05, 4.69) is 30.4 Å². The lowest BCUT2D eigenvalue weighted by molar-refractivity contribution is -0.276. The van der Waals surface area contributed by atoms with Gasteiger partial charge in [-0.2, -0.15) is 0 Å². The molecule has 1 heterocycles. The van der Waals surface area contributed by atoms with Gasteiger partial charge < -0.3 is 14.2 Å². The second-order valence-corrected chi connectivity index (χ2v) is 3.72. The summed E-state index contributed by atoms with van der Waals surface area (Å²) in [5.41, 5.74) is -0.278. The third kappa shape index (κ3) is 3.72. The first-order valence-corrected chi connectivity index (χ1v) is 5.92. The number of ether oxygens (including phenoxy) is 3. The van der Waals surface area contributed by atoms with Gasteiger partial charge in [0.25, 0.3) is 0 Å². The summed E-state index contributed by atoms with van der Waals surface area (Å²) in [4.78, 5) is 15.0. The molecule has 106 valence electrons. The Kier molecular flexibility index (Phi) is 4.98. The van der Waals surface area contributed by atoms with Crippen LogP contribution >= 0.6 is 15.9 Å². The van der Waals surface area contributed by atoms with Gasteiger partial charge in [-0.05, 0) is 0 Å². The van der Waals surface area contributed by atoms with Crippen LogP contribution in [0.4, 0.5) is 13.2 Å². The van der Waals surface area contributed by atoms with Crippen LogP contribution in [-0.2, 0) is 10.1 Å². The monoisotopic (exact) mass is 343 g/mol. The minimum absolute atomic E-state index is 0.0668. The standard InChI is InChI=1S/C10H9BrF3NO4/c1-17-6-4-15-8(19-10(12,13)14)7(5(6)3-11)9(16)18-2/h4H,3H2,1-2H3. The molecule has 0 saturated heterocycles. The smallest absolute Gasteiger partial charge is 0.495 e. The van der Waals surface area contributed by atoms with Gasteiger partial charge in [0.15, 0.2) is 0 Å². The van der Waals surface area contributed by atoms with E-state index in [9.17, 15) is 18.0 Å². The lowest BCUT2D eigenvalue weighted by atomic mass is 10.1. The number of carbonyl (C=O) groups is 1. The molecule has 0 atom stereocenters. The number of hydrogen-bond acceptors (Lipinski definition) is 5. The number of methoxy groups -OCH3 is 2. The normalized spacial score (nSPS) is 11.1. The Balaban J connectivity index is 3.42. The summed E-state index contributed by atoms with van der Waals surface area (Å²) in [6, 6.07) is 0. The molecular weight excluding hydrogens is 335 g/mol. The number of halogens is 4. The summed E-state index contributed by atoms with van der Waals surface area (Å²) < 4.78 is 49.8. The highest BCUT2D eigenvalue weighted by Crippen LogP contribution is 2.33. The zero-order valence-electron chi connectivity index (χ0n) is 9.88. The largest absolute Gasteiger partial charge is 0.574 e. The number of nitrogens with zero attached hydrogens (tertiary/aromatic N) is 1. The Morgan fingerprint density at radius 1 is 1.42 bits per heavy atom. The molecule has 0 fully saturated rings. The lowest BCUT2D eigenvalue weighted by Crippen LogP contribution is -2.21. The molecule has 0 N–H and O–H groups in total. The van der Waals surface area contributed by atoms with Gasteiger partial charge >= 0.3 is 12.3 Å². The average molecular weight is 344 g/mol. The Labute approximate surface area is 114 Å². The summed E-state index contributed by atoms with van der Waals surface area (Å²) in [5.74, 6) is -1.73. The molecule has 0 unspecified atom stereocenters. The Hall–Kier alpha value is -1.51. The molecule has 1 rings (SSSR count). The van der Waals surface area contributed by atoms with E-state index in [0.717, 1.165) is 13.3 Å². The van der Waals surface area contributed by atoms with Crippen LogP contribution in [0.3, 0.4) is 0 Å². The third-order valence-electron chi connectivity index (χ3n) is 2.07. The van der Waals surface area contributed by atoms with Gasteiger partial charge in [0, 0.05) is 10.9 Å². The molecule has 9 heteroatoms. The predicted molar refractivity (Wildman–Crippen MR) is 61.4 cm³/mol. The van der Waals surface area contributed by atoms with Gasteiger partial charge in [-0.15, -0.1) is 13.2 Å². The molecule has 0 bridgehead atoms. The second-order valence-electron chi connectivity index (χ2n) is 3.16. The summed E-state index contributed by atoms with van der Waals surface area (Å²) in [6.45, 7) is 0. The van der Waals surface area contributed by atoms with Crippen molar-refractivity contribution in [1.82, 2.24) is 4.98 Å². The van der Waals surface area contributed by atoms with Crippen molar-refractivity contribution < 1.29 is 32.2 Å². The molecule has 1 aromatic rings. The molecule has 5 nitrogen and oxygen atoms in total. The number of esters is 1. The quantitative estimate of drug-likeness (QED) is 0.621. The van der Waals surface area contributed by atoms with Crippen LogP contribution in [0.15, 0.2) is 6.20 Å². The highest BCUT2D eigenvalue weighted by atomic mass is 79.9. The van der Waals surface area contributed by atoms with Crippen molar-refractivity contribution in [2.45, 2.75) is 11.7 Å². The molecule has 0 saturated carbocycles. The lowest BCUT2D eigenvalue weighted by Gasteiger charge is -2.15. The van der Waals surface area contributed by atoms with Crippen molar-refractivity contribution in [1.29, 1.82) is 0 Å². The molecular formula is C10H9BrF3NO4. The van der Waals surface area contributed by atoms with Crippen LogP contribution in [-0.4, -0.2) is 31.5 Å². The third-order valence-corrected chi connectivity index (χ3v) is 2.63. The fourth-order valence-electron chi connectivity index (χ4n) is 1.32. The van der Waals surface area contributed by atoms with E-state index >= 15 is 0 Å². The van der Waals surface area contributed by atoms with Crippen molar-refractivity contribution in [2.75, 3.05) is 14.2 Å². The zero-order chi connectivity index (χ0) is 14.6. The van der Waals surface area contributed by atoms with E-state index in [-0.39, 0.29) is 16.6 Å². The maximum Gasteiger partial charge on any atom is 0.574 e. The molecule has 0 aliphatic heterocycles. The van der Waals surface area contributed by atoms with E-state index in [1.165, 1.54) is 7.11 Å². The van der Waals surface area contributed by atoms with Gasteiger partial charge in [0.1, 0.15) is 11.3 Å². The van der Waals surface area contributed by atoms with Crippen molar-refractivity contribution in [2.24, 2.45) is 0 Å². The van der Waals surface area contributed by atoms with E-state index in [1.54, 1.807) is 0 Å². The number of hydrogen-bond donors (Lipinski definition) is 0. The minimum atomic E-state index is -4.96. The van der Waals surface area contributed by atoms with Crippen LogP contribution in [0.25, 0.3) is 0 Å². The van der Waals surface area contributed by atoms with Crippen molar-refractivity contribution in [3.63, 3.8) is 0 Å².